The number of carbonyl (C=O) groups excluding carboxylic acids is 3. The molecule has 0 fully saturated rings. The van der Waals surface area contributed by atoms with Crippen LogP contribution in [0.1, 0.15) is 16.7 Å². The van der Waals surface area contributed by atoms with E-state index < -0.39 is 11.8 Å². The molecule has 3 rings (SSSR count). The molecule has 0 bridgehead atoms. The number of anilines is 1. The van der Waals surface area contributed by atoms with Crippen molar-refractivity contribution in [3.05, 3.63) is 83.4 Å². The predicted molar refractivity (Wildman–Crippen MR) is 144 cm³/mol. The highest BCUT2D eigenvalue weighted by Crippen LogP contribution is 2.27. The quantitative estimate of drug-likeness (QED) is 0.204. The van der Waals surface area contributed by atoms with Gasteiger partial charge in [-0.25, -0.2) is 5.43 Å². The van der Waals surface area contributed by atoms with E-state index in [1.54, 1.807) is 44.6 Å². The molecule has 0 saturated heterocycles. The SMILES string of the molecule is COc1ccc(CCNC(=O)C(=O)N/N=C\c2ccc(OCC(=O)Nc3ccc(C)cc3)cc2)cc1OC. The van der Waals surface area contributed by atoms with E-state index in [9.17, 15) is 14.4 Å². The van der Waals surface area contributed by atoms with E-state index in [0.717, 1.165) is 11.1 Å². The molecule has 0 heterocycles. The standard InChI is InChI=1S/C28H30N4O6/c1-19-4-9-22(10-5-19)31-26(33)18-38-23-11-6-21(7-12-23)17-30-32-28(35)27(34)29-15-14-20-8-13-24(36-2)25(16-20)37-3/h4-13,16-17H,14-15,18H2,1-3H3,(H,29,34)(H,31,33)(H,32,35)/b30-17-. The molecule has 3 amide bonds. The Morgan fingerprint density at radius 1 is 0.868 bits per heavy atom. The number of hydrazone groups is 1. The van der Waals surface area contributed by atoms with Gasteiger partial charge in [-0.15, -0.1) is 0 Å². The van der Waals surface area contributed by atoms with Gasteiger partial charge in [0.25, 0.3) is 5.91 Å². The number of benzene rings is 3. The molecule has 0 atom stereocenters. The highest BCUT2D eigenvalue weighted by atomic mass is 16.5. The first-order valence-corrected chi connectivity index (χ1v) is 11.8. The third-order valence-electron chi connectivity index (χ3n) is 5.32. The number of nitrogens with zero attached hydrogens (tertiary/aromatic N) is 1. The van der Waals surface area contributed by atoms with Crippen molar-refractivity contribution in [1.82, 2.24) is 10.7 Å². The molecule has 38 heavy (non-hydrogen) atoms. The van der Waals surface area contributed by atoms with Crippen LogP contribution in [0.15, 0.2) is 71.8 Å². The monoisotopic (exact) mass is 518 g/mol. The number of amides is 3. The van der Waals surface area contributed by atoms with E-state index in [1.807, 2.05) is 43.3 Å². The summed E-state index contributed by atoms with van der Waals surface area (Å²) < 4.78 is 16.0. The summed E-state index contributed by atoms with van der Waals surface area (Å²) in [4.78, 5) is 36.0. The molecule has 0 aliphatic rings. The van der Waals surface area contributed by atoms with Gasteiger partial charge in [0.05, 0.1) is 20.4 Å². The number of carbonyl (C=O) groups is 3. The first kappa shape index (κ1) is 27.7. The van der Waals surface area contributed by atoms with E-state index in [-0.39, 0.29) is 19.1 Å². The number of aryl methyl sites for hydroxylation is 1. The van der Waals surface area contributed by atoms with E-state index in [0.29, 0.717) is 34.9 Å². The molecule has 0 saturated carbocycles. The molecule has 198 valence electrons. The second-order valence-corrected chi connectivity index (χ2v) is 8.17. The summed E-state index contributed by atoms with van der Waals surface area (Å²) in [6.45, 7) is 2.09. The summed E-state index contributed by atoms with van der Waals surface area (Å²) >= 11 is 0. The summed E-state index contributed by atoms with van der Waals surface area (Å²) in [5, 5.41) is 9.11. The van der Waals surface area contributed by atoms with Crippen LogP contribution in [0.3, 0.4) is 0 Å². The average molecular weight is 519 g/mol. The van der Waals surface area contributed by atoms with Crippen LogP contribution in [-0.4, -0.2) is 51.3 Å². The van der Waals surface area contributed by atoms with Gasteiger partial charge in [0.1, 0.15) is 5.75 Å². The van der Waals surface area contributed by atoms with Crippen molar-refractivity contribution in [3.63, 3.8) is 0 Å². The van der Waals surface area contributed by atoms with Gasteiger partial charge >= 0.3 is 11.8 Å². The predicted octanol–water partition coefficient (Wildman–Crippen LogP) is 2.84. The summed E-state index contributed by atoms with van der Waals surface area (Å²) in [6, 6.07) is 19.7. The molecule has 0 radical (unpaired) electrons. The van der Waals surface area contributed by atoms with Gasteiger partial charge in [0.15, 0.2) is 18.1 Å². The summed E-state index contributed by atoms with van der Waals surface area (Å²) in [5.41, 5.74) is 5.58. The maximum atomic E-state index is 12.0. The zero-order chi connectivity index (χ0) is 27.3. The zero-order valence-corrected chi connectivity index (χ0v) is 21.4. The van der Waals surface area contributed by atoms with Crippen LogP contribution >= 0.6 is 0 Å². The number of hydrogen-bond acceptors (Lipinski definition) is 7. The van der Waals surface area contributed by atoms with E-state index in [2.05, 4.69) is 21.2 Å². The van der Waals surface area contributed by atoms with E-state index >= 15 is 0 Å². The smallest absolute Gasteiger partial charge is 0.329 e. The largest absolute Gasteiger partial charge is 0.493 e. The Bertz CT molecular complexity index is 1270. The second-order valence-electron chi connectivity index (χ2n) is 8.17. The number of nitrogens with one attached hydrogen (secondary N) is 3. The Morgan fingerprint density at radius 3 is 2.26 bits per heavy atom. The Morgan fingerprint density at radius 2 is 1.58 bits per heavy atom. The second kappa shape index (κ2) is 14.0. The van der Waals surface area contributed by atoms with Crippen molar-refractivity contribution in [3.8, 4) is 17.2 Å². The van der Waals surface area contributed by atoms with Gasteiger partial charge in [0.2, 0.25) is 0 Å². The molecule has 0 aliphatic carbocycles. The Kier molecular flexibility index (Phi) is 10.2. The number of rotatable bonds is 11. The zero-order valence-electron chi connectivity index (χ0n) is 21.4. The molecular weight excluding hydrogens is 488 g/mol. The maximum Gasteiger partial charge on any atom is 0.329 e. The fourth-order valence-corrected chi connectivity index (χ4v) is 3.29. The van der Waals surface area contributed by atoms with Gasteiger partial charge in [-0.1, -0.05) is 23.8 Å². The normalized spacial score (nSPS) is 10.5. The van der Waals surface area contributed by atoms with Crippen molar-refractivity contribution < 1.29 is 28.6 Å². The fourth-order valence-electron chi connectivity index (χ4n) is 3.29. The summed E-state index contributed by atoms with van der Waals surface area (Å²) in [5.74, 6) is -0.251. The first-order chi connectivity index (χ1) is 18.4. The lowest BCUT2D eigenvalue weighted by Gasteiger charge is -2.10. The minimum absolute atomic E-state index is 0.140. The van der Waals surface area contributed by atoms with Gasteiger partial charge in [-0.3, -0.25) is 14.4 Å². The van der Waals surface area contributed by atoms with Crippen LogP contribution in [-0.2, 0) is 20.8 Å². The van der Waals surface area contributed by atoms with Crippen molar-refractivity contribution in [2.24, 2.45) is 5.10 Å². The third kappa shape index (κ3) is 8.66. The highest BCUT2D eigenvalue weighted by Gasteiger charge is 2.12. The molecule has 10 nitrogen and oxygen atoms in total. The number of ether oxygens (including phenoxy) is 3. The Balaban J connectivity index is 1.37. The highest BCUT2D eigenvalue weighted by molar-refractivity contribution is 6.35. The average Bonchev–Trinajstić information content (AvgIpc) is 2.93. The van der Waals surface area contributed by atoms with Crippen molar-refractivity contribution in [2.75, 3.05) is 32.7 Å². The molecule has 0 spiro atoms. The van der Waals surface area contributed by atoms with E-state index in [1.165, 1.54) is 6.21 Å². The maximum absolute atomic E-state index is 12.0. The topological polar surface area (TPSA) is 127 Å². The molecule has 0 aromatic heterocycles. The van der Waals surface area contributed by atoms with E-state index in [4.69, 9.17) is 14.2 Å². The van der Waals surface area contributed by atoms with Gasteiger partial charge < -0.3 is 24.8 Å². The molecule has 0 unspecified atom stereocenters. The molecule has 0 aliphatic heterocycles. The van der Waals surface area contributed by atoms with Crippen LogP contribution in [0.4, 0.5) is 5.69 Å². The number of hydrogen-bond donors (Lipinski definition) is 3. The first-order valence-electron chi connectivity index (χ1n) is 11.8. The third-order valence-corrected chi connectivity index (χ3v) is 5.32. The lowest BCUT2D eigenvalue weighted by atomic mass is 10.1. The molecule has 3 aromatic rings. The fraction of sp³-hybridized carbons (Fsp3) is 0.214. The van der Waals surface area contributed by atoms with Crippen molar-refractivity contribution >= 4 is 29.6 Å². The molecule has 3 aromatic carbocycles. The van der Waals surface area contributed by atoms with Crippen LogP contribution in [0, 0.1) is 6.92 Å². The number of methoxy groups -OCH3 is 2. The molecule has 10 heteroatoms. The van der Waals surface area contributed by atoms with Gasteiger partial charge in [0, 0.05) is 12.2 Å². The summed E-state index contributed by atoms with van der Waals surface area (Å²) in [6.07, 6.45) is 1.90. The van der Waals surface area contributed by atoms with Crippen LogP contribution in [0.2, 0.25) is 0 Å². The lowest BCUT2D eigenvalue weighted by molar-refractivity contribution is -0.139. The van der Waals surface area contributed by atoms with Crippen LogP contribution in [0.25, 0.3) is 0 Å². The molecular formula is C28H30N4O6. The minimum Gasteiger partial charge on any atom is -0.493 e. The Labute approximate surface area is 221 Å². The van der Waals surface area contributed by atoms with Crippen molar-refractivity contribution in [2.45, 2.75) is 13.3 Å². The van der Waals surface area contributed by atoms with Crippen LogP contribution in [0.5, 0.6) is 17.2 Å². The van der Waals surface area contributed by atoms with Gasteiger partial charge in [-0.05, 0) is 73.0 Å². The van der Waals surface area contributed by atoms with Crippen molar-refractivity contribution in [1.29, 1.82) is 0 Å². The summed E-state index contributed by atoms with van der Waals surface area (Å²) in [7, 11) is 3.10. The lowest BCUT2D eigenvalue weighted by Crippen LogP contribution is -2.38. The molecule has 3 N–H and O–H groups in total. The van der Waals surface area contributed by atoms with Gasteiger partial charge in [-0.2, -0.15) is 5.10 Å². The Hall–Kier alpha value is -4.86. The van der Waals surface area contributed by atoms with Crippen LogP contribution < -0.4 is 30.3 Å². The minimum atomic E-state index is -0.881.